The molecule has 0 bridgehead atoms. The largest absolute Gasteiger partial charge is 0.494 e. The average Bonchev–Trinajstić information content (AvgIpc) is 2.98. The lowest BCUT2D eigenvalue weighted by Gasteiger charge is -2.36. The van der Waals surface area contributed by atoms with Crippen molar-refractivity contribution in [3.8, 4) is 17.2 Å². The molecule has 3 nitrogen and oxygen atoms in total. The van der Waals surface area contributed by atoms with Crippen LogP contribution in [0.25, 0.3) is 16.8 Å². The summed E-state index contributed by atoms with van der Waals surface area (Å²) in [7, 11) is 0. The van der Waals surface area contributed by atoms with Crippen molar-refractivity contribution in [3.05, 3.63) is 108 Å². The van der Waals surface area contributed by atoms with Crippen LogP contribution in [0.1, 0.15) is 69.1 Å². The van der Waals surface area contributed by atoms with E-state index in [-0.39, 0.29) is 0 Å². The number of hydrogen-bond acceptors (Lipinski definition) is 3. The van der Waals surface area contributed by atoms with E-state index in [1.54, 1.807) is 0 Å². The molecule has 0 saturated carbocycles. The van der Waals surface area contributed by atoms with Crippen molar-refractivity contribution in [1.29, 1.82) is 0 Å². The Morgan fingerprint density at radius 3 is 1.79 bits per heavy atom. The Labute approximate surface area is 227 Å². The van der Waals surface area contributed by atoms with Crippen LogP contribution in [0.4, 0.5) is 0 Å². The lowest BCUT2D eigenvalue weighted by atomic mass is 9.83. The monoisotopic (exact) mass is 506 g/mol. The number of fused-ring (bicyclic) bond motifs is 3. The third-order valence-electron chi connectivity index (χ3n) is 7.29. The molecule has 0 fully saturated rings. The standard InChI is InChI=1S/C35H38O3/c1-3-5-9-25-36-30-18-14-28(15-19-30)35(29-16-20-31(21-17-29)37-26-10-6-4-2)24-23-33-32-12-8-7-11-27(32)13-22-34(33)38-35/h7-8,11-24H,3-6,9-10,25-26H2,1-2H3. The fourth-order valence-corrected chi connectivity index (χ4v) is 5.10. The minimum Gasteiger partial charge on any atom is -0.494 e. The van der Waals surface area contributed by atoms with Gasteiger partial charge in [-0.05, 0) is 66.1 Å². The smallest absolute Gasteiger partial charge is 0.178 e. The second-order valence-corrected chi connectivity index (χ2v) is 10.0. The lowest BCUT2D eigenvalue weighted by molar-refractivity contribution is 0.161. The molecule has 5 rings (SSSR count). The molecule has 0 unspecified atom stereocenters. The number of ether oxygens (including phenoxy) is 3. The quantitative estimate of drug-likeness (QED) is 0.179. The highest BCUT2D eigenvalue weighted by Gasteiger charge is 2.37. The maximum atomic E-state index is 6.94. The molecule has 0 atom stereocenters. The van der Waals surface area contributed by atoms with Crippen molar-refractivity contribution in [2.24, 2.45) is 0 Å². The Kier molecular flexibility index (Phi) is 8.33. The van der Waals surface area contributed by atoms with Crippen LogP contribution in [0.15, 0.2) is 91.0 Å². The Hall–Kier alpha value is -3.72. The third kappa shape index (κ3) is 5.57. The topological polar surface area (TPSA) is 27.7 Å². The van der Waals surface area contributed by atoms with Crippen molar-refractivity contribution in [2.75, 3.05) is 13.2 Å². The van der Waals surface area contributed by atoms with E-state index < -0.39 is 5.60 Å². The van der Waals surface area contributed by atoms with E-state index >= 15 is 0 Å². The van der Waals surface area contributed by atoms with Crippen LogP contribution in [0.2, 0.25) is 0 Å². The number of benzene rings is 4. The third-order valence-corrected chi connectivity index (χ3v) is 7.29. The van der Waals surface area contributed by atoms with Crippen molar-refractivity contribution >= 4 is 16.8 Å². The highest BCUT2D eigenvalue weighted by Crippen LogP contribution is 2.44. The highest BCUT2D eigenvalue weighted by molar-refractivity contribution is 5.94. The van der Waals surface area contributed by atoms with Crippen LogP contribution < -0.4 is 14.2 Å². The van der Waals surface area contributed by atoms with Gasteiger partial charge in [-0.1, -0.05) is 94.1 Å². The van der Waals surface area contributed by atoms with Crippen LogP contribution in [-0.4, -0.2) is 13.2 Å². The van der Waals surface area contributed by atoms with Crippen molar-refractivity contribution in [2.45, 2.75) is 58.0 Å². The van der Waals surface area contributed by atoms with Gasteiger partial charge in [-0.2, -0.15) is 0 Å². The fourth-order valence-electron chi connectivity index (χ4n) is 5.10. The molecule has 1 aliphatic heterocycles. The van der Waals surface area contributed by atoms with Gasteiger partial charge < -0.3 is 14.2 Å². The van der Waals surface area contributed by atoms with Crippen LogP contribution >= 0.6 is 0 Å². The summed E-state index contributed by atoms with van der Waals surface area (Å²) in [5, 5.41) is 2.41. The normalized spacial score (nSPS) is 13.6. The van der Waals surface area contributed by atoms with E-state index in [2.05, 4.69) is 111 Å². The summed E-state index contributed by atoms with van der Waals surface area (Å²) >= 11 is 0. The molecule has 4 aromatic carbocycles. The van der Waals surface area contributed by atoms with E-state index in [0.29, 0.717) is 0 Å². The molecular formula is C35H38O3. The maximum absolute atomic E-state index is 6.94. The molecule has 1 aliphatic rings. The zero-order valence-corrected chi connectivity index (χ0v) is 22.6. The predicted octanol–water partition coefficient (Wildman–Crippen LogP) is 9.33. The van der Waals surface area contributed by atoms with E-state index in [9.17, 15) is 0 Å². The van der Waals surface area contributed by atoms with Gasteiger partial charge in [0.05, 0.1) is 13.2 Å². The molecule has 0 spiro atoms. The summed E-state index contributed by atoms with van der Waals surface area (Å²) in [5.74, 6) is 2.66. The fraction of sp³-hybridized carbons (Fsp3) is 0.314. The van der Waals surface area contributed by atoms with Crippen LogP contribution in [0.3, 0.4) is 0 Å². The molecule has 4 aromatic rings. The minimum absolute atomic E-state index is 0.745. The minimum atomic E-state index is -0.753. The Morgan fingerprint density at radius 1 is 0.632 bits per heavy atom. The summed E-state index contributed by atoms with van der Waals surface area (Å²) in [5.41, 5.74) is 2.48. The van der Waals surface area contributed by atoms with Crippen LogP contribution in [0, 0.1) is 0 Å². The highest BCUT2D eigenvalue weighted by atomic mass is 16.5. The Balaban J connectivity index is 1.47. The number of hydrogen-bond donors (Lipinski definition) is 0. The van der Waals surface area contributed by atoms with Gasteiger partial charge in [-0.3, -0.25) is 0 Å². The van der Waals surface area contributed by atoms with Gasteiger partial charge in [-0.15, -0.1) is 0 Å². The molecule has 38 heavy (non-hydrogen) atoms. The zero-order valence-electron chi connectivity index (χ0n) is 22.6. The van der Waals surface area contributed by atoms with Crippen molar-refractivity contribution in [3.63, 3.8) is 0 Å². The molecule has 0 radical (unpaired) electrons. The van der Waals surface area contributed by atoms with E-state index in [1.807, 2.05) is 0 Å². The van der Waals surface area contributed by atoms with Gasteiger partial charge in [0.15, 0.2) is 5.60 Å². The first-order valence-corrected chi connectivity index (χ1v) is 14.1. The molecule has 196 valence electrons. The van der Waals surface area contributed by atoms with Crippen LogP contribution in [0.5, 0.6) is 17.2 Å². The summed E-state index contributed by atoms with van der Waals surface area (Å²) in [6, 6.07) is 29.4. The first-order valence-electron chi connectivity index (χ1n) is 14.1. The maximum Gasteiger partial charge on any atom is 0.178 e. The molecule has 0 saturated heterocycles. The van der Waals surface area contributed by atoms with Gasteiger partial charge in [-0.25, -0.2) is 0 Å². The average molecular weight is 507 g/mol. The number of unbranched alkanes of at least 4 members (excludes halogenated alkanes) is 4. The van der Waals surface area contributed by atoms with E-state index in [0.717, 1.165) is 60.0 Å². The molecule has 0 aliphatic carbocycles. The molecular weight excluding hydrogens is 468 g/mol. The zero-order chi connectivity index (χ0) is 26.2. The van der Waals surface area contributed by atoms with Crippen molar-refractivity contribution < 1.29 is 14.2 Å². The molecule has 1 heterocycles. The summed E-state index contributed by atoms with van der Waals surface area (Å²) in [6.07, 6.45) is 11.3. The van der Waals surface area contributed by atoms with Crippen LogP contribution in [-0.2, 0) is 5.60 Å². The molecule has 0 N–H and O–H groups in total. The first kappa shape index (κ1) is 25.9. The Bertz CT molecular complexity index is 1300. The van der Waals surface area contributed by atoms with Gasteiger partial charge in [0.1, 0.15) is 17.2 Å². The van der Waals surface area contributed by atoms with E-state index in [4.69, 9.17) is 14.2 Å². The second-order valence-electron chi connectivity index (χ2n) is 10.0. The van der Waals surface area contributed by atoms with Gasteiger partial charge in [0, 0.05) is 16.7 Å². The Morgan fingerprint density at radius 2 is 1.21 bits per heavy atom. The summed E-state index contributed by atoms with van der Waals surface area (Å²) in [6.45, 7) is 5.90. The second kappa shape index (κ2) is 12.2. The summed E-state index contributed by atoms with van der Waals surface area (Å²) in [4.78, 5) is 0. The van der Waals surface area contributed by atoms with Gasteiger partial charge in [0.25, 0.3) is 0 Å². The molecule has 0 amide bonds. The first-order chi connectivity index (χ1) is 18.7. The molecule has 3 heteroatoms. The molecule has 0 aromatic heterocycles. The predicted molar refractivity (Wildman–Crippen MR) is 157 cm³/mol. The van der Waals surface area contributed by atoms with Gasteiger partial charge >= 0.3 is 0 Å². The van der Waals surface area contributed by atoms with Gasteiger partial charge in [0.2, 0.25) is 0 Å². The van der Waals surface area contributed by atoms with Crippen molar-refractivity contribution in [1.82, 2.24) is 0 Å². The lowest BCUT2D eigenvalue weighted by Crippen LogP contribution is -2.34. The number of rotatable bonds is 12. The SMILES string of the molecule is CCCCCOc1ccc(C2(c3ccc(OCCCCC)cc3)C=Cc3c(ccc4ccccc34)O2)cc1. The summed E-state index contributed by atoms with van der Waals surface area (Å²) < 4.78 is 18.9. The van der Waals surface area contributed by atoms with E-state index in [1.165, 1.54) is 36.5 Å².